The van der Waals surface area contributed by atoms with E-state index in [9.17, 15) is 13.2 Å². The van der Waals surface area contributed by atoms with Gasteiger partial charge < -0.3 is 5.11 Å². The van der Waals surface area contributed by atoms with Crippen molar-refractivity contribution >= 4 is 27.3 Å². The Balaban J connectivity index is 3.29. The number of sulfonamides is 1. The molecule has 0 aliphatic carbocycles. The van der Waals surface area contributed by atoms with Crippen LogP contribution in [0.4, 0.5) is 0 Å². The Hall–Kier alpha value is -0.920. The van der Waals surface area contributed by atoms with Gasteiger partial charge in [-0.1, -0.05) is 20.8 Å². The fourth-order valence-corrected chi connectivity index (χ4v) is 3.20. The first-order valence-electron chi connectivity index (χ1n) is 4.89. The van der Waals surface area contributed by atoms with Crippen molar-refractivity contribution in [1.29, 1.82) is 0 Å². The van der Waals surface area contributed by atoms with Gasteiger partial charge >= 0.3 is 5.97 Å². The van der Waals surface area contributed by atoms with E-state index in [1.165, 1.54) is 6.07 Å². The zero-order valence-corrected chi connectivity index (χ0v) is 11.5. The third-order valence-electron chi connectivity index (χ3n) is 1.98. The first-order valence-corrected chi connectivity index (χ1v) is 7.26. The van der Waals surface area contributed by atoms with Crippen LogP contribution in [-0.2, 0) is 16.4 Å². The van der Waals surface area contributed by atoms with Gasteiger partial charge in [0.15, 0.2) is 0 Å². The van der Waals surface area contributed by atoms with Gasteiger partial charge in [0.25, 0.3) is 0 Å². The summed E-state index contributed by atoms with van der Waals surface area (Å²) in [6, 6.07) is 1.36. The molecule has 0 radical (unpaired) electrons. The van der Waals surface area contributed by atoms with Crippen molar-refractivity contribution in [2.75, 3.05) is 0 Å². The molecule has 0 amide bonds. The molecule has 0 aliphatic rings. The number of rotatable bonds is 3. The number of carboxylic acids is 1. The zero-order chi connectivity index (χ0) is 13.4. The van der Waals surface area contributed by atoms with Gasteiger partial charge in [0.1, 0.15) is 9.09 Å². The SMILES string of the molecule is CC(C)(C)Cc1cc(S(N)(=O)=O)sc1C(=O)O. The first kappa shape index (κ1) is 14.1. The number of hydrogen-bond donors (Lipinski definition) is 2. The minimum Gasteiger partial charge on any atom is -0.477 e. The Kier molecular flexibility index (Phi) is 3.66. The smallest absolute Gasteiger partial charge is 0.346 e. The van der Waals surface area contributed by atoms with E-state index >= 15 is 0 Å². The molecule has 0 bridgehead atoms. The monoisotopic (exact) mass is 277 g/mol. The van der Waals surface area contributed by atoms with Gasteiger partial charge in [0.2, 0.25) is 10.0 Å². The fourth-order valence-electron chi connectivity index (χ4n) is 1.43. The minimum absolute atomic E-state index is 0.0453. The third kappa shape index (κ3) is 3.79. The molecule has 5 nitrogen and oxygen atoms in total. The van der Waals surface area contributed by atoms with Gasteiger partial charge in [-0.25, -0.2) is 18.4 Å². The largest absolute Gasteiger partial charge is 0.477 e. The molecule has 0 aromatic carbocycles. The number of nitrogens with two attached hydrogens (primary N) is 1. The molecule has 7 heteroatoms. The summed E-state index contributed by atoms with van der Waals surface area (Å²) in [5.74, 6) is -1.12. The second kappa shape index (κ2) is 4.40. The molecule has 0 saturated heterocycles. The maximum absolute atomic E-state index is 11.2. The molecule has 1 rings (SSSR count). The van der Waals surface area contributed by atoms with Crippen LogP contribution in [0.5, 0.6) is 0 Å². The Bertz CT molecular complexity index is 537. The van der Waals surface area contributed by atoms with E-state index in [2.05, 4.69) is 0 Å². The van der Waals surface area contributed by atoms with Gasteiger partial charge in [-0.3, -0.25) is 0 Å². The second-order valence-corrected chi connectivity index (χ2v) is 7.85. The maximum Gasteiger partial charge on any atom is 0.346 e. The Morgan fingerprint density at radius 1 is 1.47 bits per heavy atom. The lowest BCUT2D eigenvalue weighted by Gasteiger charge is -2.17. The molecule has 0 saturated carbocycles. The Labute approximate surface area is 104 Å². The molecule has 0 fully saturated rings. The third-order valence-corrected chi connectivity index (χ3v) is 4.57. The van der Waals surface area contributed by atoms with Crippen LogP contribution in [0.25, 0.3) is 0 Å². The standard InChI is InChI=1S/C10H15NO4S2/c1-10(2,3)5-6-4-7(17(11,14)15)16-8(6)9(12)13/h4H,5H2,1-3H3,(H,12,13)(H2,11,14,15). The molecule has 0 unspecified atom stereocenters. The van der Waals surface area contributed by atoms with Gasteiger partial charge in [0, 0.05) is 0 Å². The lowest BCUT2D eigenvalue weighted by atomic mass is 9.88. The highest BCUT2D eigenvalue weighted by atomic mass is 32.2. The summed E-state index contributed by atoms with van der Waals surface area (Å²) in [5, 5.41) is 14.0. The van der Waals surface area contributed by atoms with E-state index in [1.807, 2.05) is 20.8 Å². The van der Waals surface area contributed by atoms with Crippen molar-refractivity contribution in [3.05, 3.63) is 16.5 Å². The second-order valence-electron chi connectivity index (χ2n) is 5.01. The van der Waals surface area contributed by atoms with Crippen LogP contribution in [0.1, 0.15) is 36.0 Å². The van der Waals surface area contributed by atoms with Crippen molar-refractivity contribution in [2.45, 2.75) is 31.4 Å². The van der Waals surface area contributed by atoms with Crippen molar-refractivity contribution in [1.82, 2.24) is 0 Å². The first-order chi connectivity index (χ1) is 7.50. The topological polar surface area (TPSA) is 97.5 Å². The van der Waals surface area contributed by atoms with Crippen LogP contribution < -0.4 is 5.14 Å². The summed E-state index contributed by atoms with van der Waals surface area (Å²) >= 11 is 0.703. The van der Waals surface area contributed by atoms with Crippen molar-refractivity contribution < 1.29 is 18.3 Å². The van der Waals surface area contributed by atoms with Crippen molar-refractivity contribution in [2.24, 2.45) is 10.6 Å². The highest BCUT2D eigenvalue weighted by Crippen LogP contribution is 2.30. The summed E-state index contributed by atoms with van der Waals surface area (Å²) in [5.41, 5.74) is 0.389. The molecule has 1 aromatic rings. The number of carboxylic acid groups (broad SMARTS) is 1. The van der Waals surface area contributed by atoms with Crippen LogP contribution >= 0.6 is 11.3 Å². The molecule has 1 aromatic heterocycles. The molecular formula is C10H15NO4S2. The predicted octanol–water partition coefficient (Wildman–Crippen LogP) is 1.68. The number of hydrogen-bond acceptors (Lipinski definition) is 4. The van der Waals surface area contributed by atoms with Crippen LogP contribution in [-0.4, -0.2) is 19.5 Å². The van der Waals surface area contributed by atoms with Gasteiger partial charge in [0.05, 0.1) is 0 Å². The highest BCUT2D eigenvalue weighted by Gasteiger charge is 2.23. The van der Waals surface area contributed by atoms with Crippen LogP contribution in [0, 0.1) is 5.41 Å². The summed E-state index contributed by atoms with van der Waals surface area (Å²) in [6.07, 6.45) is 0.487. The van der Waals surface area contributed by atoms with E-state index in [4.69, 9.17) is 10.2 Å². The number of aromatic carboxylic acids is 1. The zero-order valence-electron chi connectivity index (χ0n) is 9.85. The summed E-state index contributed by atoms with van der Waals surface area (Å²) in [6.45, 7) is 5.85. The average molecular weight is 277 g/mol. The van der Waals surface area contributed by atoms with Crippen LogP contribution in [0.15, 0.2) is 10.3 Å². The van der Waals surface area contributed by atoms with E-state index < -0.39 is 16.0 Å². The quantitative estimate of drug-likeness (QED) is 0.878. The molecule has 1 heterocycles. The van der Waals surface area contributed by atoms with Crippen molar-refractivity contribution in [3.8, 4) is 0 Å². The average Bonchev–Trinajstić information content (AvgIpc) is 2.43. The lowest BCUT2D eigenvalue weighted by molar-refractivity contribution is 0.0700. The van der Waals surface area contributed by atoms with E-state index in [0.717, 1.165) is 0 Å². The number of thiophene rings is 1. The molecule has 17 heavy (non-hydrogen) atoms. The van der Waals surface area contributed by atoms with Gasteiger partial charge in [-0.2, -0.15) is 0 Å². The molecule has 96 valence electrons. The maximum atomic E-state index is 11.2. The minimum atomic E-state index is -3.84. The summed E-state index contributed by atoms with van der Waals surface area (Å²) in [7, 11) is -3.84. The highest BCUT2D eigenvalue weighted by molar-refractivity contribution is 7.91. The van der Waals surface area contributed by atoms with Crippen LogP contribution in [0.3, 0.4) is 0 Å². The van der Waals surface area contributed by atoms with Crippen LogP contribution in [0.2, 0.25) is 0 Å². The predicted molar refractivity (Wildman–Crippen MR) is 65.8 cm³/mol. The fraction of sp³-hybridized carbons (Fsp3) is 0.500. The number of carbonyl (C=O) groups is 1. The van der Waals surface area contributed by atoms with Crippen molar-refractivity contribution in [3.63, 3.8) is 0 Å². The normalized spacial score (nSPS) is 12.7. The molecular weight excluding hydrogens is 262 g/mol. The van der Waals surface area contributed by atoms with Gasteiger partial charge in [-0.05, 0) is 23.5 Å². The van der Waals surface area contributed by atoms with E-state index in [0.29, 0.717) is 23.3 Å². The van der Waals surface area contributed by atoms with Gasteiger partial charge in [-0.15, -0.1) is 11.3 Å². The summed E-state index contributed by atoms with van der Waals surface area (Å²) < 4.78 is 22.3. The molecule has 0 aliphatic heterocycles. The molecule has 0 atom stereocenters. The Morgan fingerprint density at radius 3 is 2.35 bits per heavy atom. The lowest BCUT2D eigenvalue weighted by Crippen LogP contribution is -2.11. The van der Waals surface area contributed by atoms with E-state index in [1.54, 1.807) is 0 Å². The molecule has 0 spiro atoms. The summed E-state index contributed by atoms with van der Waals surface area (Å²) in [4.78, 5) is 11.1. The number of primary sulfonamides is 1. The Morgan fingerprint density at radius 2 is 2.00 bits per heavy atom. The van der Waals surface area contributed by atoms with E-state index in [-0.39, 0.29) is 14.5 Å². The molecule has 3 N–H and O–H groups in total.